The van der Waals surface area contributed by atoms with Gasteiger partial charge in [-0.15, -0.1) is 0 Å². The highest BCUT2D eigenvalue weighted by Crippen LogP contribution is 2.32. The van der Waals surface area contributed by atoms with E-state index in [0.717, 1.165) is 12.3 Å². The average molecular weight is 589 g/mol. The fourth-order valence-corrected chi connectivity index (χ4v) is 4.08. The summed E-state index contributed by atoms with van der Waals surface area (Å²) in [4.78, 5) is 32.0. The van der Waals surface area contributed by atoms with Crippen LogP contribution in [-0.4, -0.2) is 44.4 Å². The fourth-order valence-electron chi connectivity index (χ4n) is 4.08. The number of aryl methyl sites for hydroxylation is 1. The molecule has 16 heteroatoms. The largest absolute Gasteiger partial charge is 0.423 e. The fraction of sp³-hybridized carbons (Fsp3) is 0.320. The van der Waals surface area contributed by atoms with Gasteiger partial charge in [0.15, 0.2) is 5.82 Å². The van der Waals surface area contributed by atoms with Crippen LogP contribution in [0.1, 0.15) is 28.1 Å². The number of fused-ring (bicyclic) bond motifs is 1. The molecule has 0 saturated carbocycles. The van der Waals surface area contributed by atoms with Gasteiger partial charge in [-0.1, -0.05) is 0 Å². The van der Waals surface area contributed by atoms with Crippen LogP contribution in [0.25, 0.3) is 22.2 Å². The Kier molecular flexibility index (Phi) is 7.27. The molecular weight excluding hydrogens is 565 g/mol. The summed E-state index contributed by atoms with van der Waals surface area (Å²) < 4.78 is 121. The number of hydrogen-bond donors (Lipinski definition) is 2. The molecule has 0 aliphatic carbocycles. The SMILES string of the molecule is [2H]C([2H])([2H])OCC(CCCn1ccc2cc(-c3ncc(C(F)(F)F)cn3)c(F)cc2c1=O)Nc1cn[nH]c(=O)c1C(F)(F)F. The molecule has 1 atom stereocenters. The monoisotopic (exact) mass is 589 g/mol. The Bertz CT molecular complexity index is 1760. The molecule has 4 rings (SSSR count). The molecule has 3 heterocycles. The first-order chi connectivity index (χ1) is 20.4. The van der Waals surface area contributed by atoms with Gasteiger partial charge in [-0.05, 0) is 36.4 Å². The van der Waals surface area contributed by atoms with Crippen molar-refractivity contribution in [1.29, 1.82) is 0 Å². The minimum Gasteiger partial charge on any atom is -0.383 e. The van der Waals surface area contributed by atoms with E-state index in [1.165, 1.54) is 22.9 Å². The Morgan fingerprint density at radius 3 is 2.49 bits per heavy atom. The molecule has 0 amide bonds. The third-order valence-corrected chi connectivity index (χ3v) is 6.02. The maximum atomic E-state index is 14.9. The van der Waals surface area contributed by atoms with Crippen molar-refractivity contribution >= 4 is 16.5 Å². The highest BCUT2D eigenvalue weighted by Gasteiger charge is 2.37. The molecule has 2 N–H and O–H groups in total. The second-order valence-electron chi connectivity index (χ2n) is 8.81. The van der Waals surface area contributed by atoms with E-state index in [1.54, 1.807) is 5.10 Å². The highest BCUT2D eigenvalue weighted by molar-refractivity contribution is 5.86. The van der Waals surface area contributed by atoms with E-state index in [9.17, 15) is 40.3 Å². The molecule has 0 fully saturated rings. The number of methoxy groups -OCH3 is 1. The Morgan fingerprint density at radius 1 is 1.10 bits per heavy atom. The van der Waals surface area contributed by atoms with E-state index in [1.807, 2.05) is 0 Å². The topological polar surface area (TPSA) is 115 Å². The van der Waals surface area contributed by atoms with Gasteiger partial charge in [-0.3, -0.25) is 9.59 Å². The van der Waals surface area contributed by atoms with Gasteiger partial charge in [-0.2, -0.15) is 31.4 Å². The predicted molar refractivity (Wildman–Crippen MR) is 133 cm³/mol. The van der Waals surface area contributed by atoms with Gasteiger partial charge in [0.2, 0.25) is 0 Å². The number of nitrogens with zero attached hydrogens (tertiary/aromatic N) is 4. The van der Waals surface area contributed by atoms with Gasteiger partial charge >= 0.3 is 12.4 Å². The summed E-state index contributed by atoms with van der Waals surface area (Å²) in [6.07, 6.45) is -6.61. The molecule has 1 unspecified atom stereocenters. The lowest BCUT2D eigenvalue weighted by Gasteiger charge is -2.21. The summed E-state index contributed by atoms with van der Waals surface area (Å²) in [5.41, 5.74) is -5.79. The zero-order chi connectivity index (χ0) is 32.4. The van der Waals surface area contributed by atoms with Crippen molar-refractivity contribution in [3.05, 3.63) is 80.6 Å². The van der Waals surface area contributed by atoms with Gasteiger partial charge in [-0.25, -0.2) is 19.5 Å². The molecule has 3 aromatic heterocycles. The first-order valence-corrected chi connectivity index (χ1v) is 11.7. The van der Waals surface area contributed by atoms with E-state index in [4.69, 9.17) is 8.85 Å². The van der Waals surface area contributed by atoms with Crippen LogP contribution >= 0.6 is 0 Å². The summed E-state index contributed by atoms with van der Waals surface area (Å²) in [5.74, 6) is -1.30. The number of halogens is 7. The zero-order valence-electron chi connectivity index (χ0n) is 23.6. The van der Waals surface area contributed by atoms with Gasteiger partial charge in [0, 0.05) is 38.2 Å². The summed E-state index contributed by atoms with van der Waals surface area (Å²) >= 11 is 0. The first-order valence-electron chi connectivity index (χ1n) is 13.2. The Labute approximate surface area is 230 Å². The van der Waals surface area contributed by atoms with Gasteiger partial charge in [0.05, 0.1) is 39.1 Å². The molecule has 0 radical (unpaired) electrons. The molecule has 0 spiro atoms. The van der Waals surface area contributed by atoms with Crippen molar-refractivity contribution in [2.45, 2.75) is 37.8 Å². The predicted octanol–water partition coefficient (Wildman–Crippen LogP) is 4.63. The van der Waals surface area contributed by atoms with Crippen molar-refractivity contribution in [2.24, 2.45) is 0 Å². The Morgan fingerprint density at radius 2 is 1.83 bits per heavy atom. The maximum Gasteiger partial charge on any atom is 0.423 e. The number of ether oxygens (including phenoxy) is 1. The number of nitrogens with one attached hydrogen (secondary N) is 2. The summed E-state index contributed by atoms with van der Waals surface area (Å²) in [5, 5.41) is 7.65. The second-order valence-corrected chi connectivity index (χ2v) is 8.81. The number of aromatic amines is 1. The molecule has 0 aliphatic heterocycles. The first kappa shape index (κ1) is 25.6. The maximum absolute atomic E-state index is 14.9. The minimum atomic E-state index is -5.06. The van der Waals surface area contributed by atoms with Crippen LogP contribution in [0, 0.1) is 5.82 Å². The van der Waals surface area contributed by atoms with Crippen LogP contribution in [0.2, 0.25) is 0 Å². The number of anilines is 1. The lowest BCUT2D eigenvalue weighted by molar-refractivity contribution is -0.139. The van der Waals surface area contributed by atoms with Gasteiger partial charge < -0.3 is 14.6 Å². The van der Waals surface area contributed by atoms with Gasteiger partial charge in [0.25, 0.3) is 11.1 Å². The van der Waals surface area contributed by atoms with Crippen LogP contribution in [-0.2, 0) is 23.6 Å². The number of H-pyrrole nitrogens is 1. The van der Waals surface area contributed by atoms with Crippen molar-refractivity contribution in [2.75, 3.05) is 19.0 Å². The quantitative estimate of drug-likeness (QED) is 0.274. The van der Waals surface area contributed by atoms with Crippen molar-refractivity contribution in [3.63, 3.8) is 0 Å². The third kappa shape index (κ3) is 6.70. The molecule has 0 aliphatic rings. The zero-order valence-corrected chi connectivity index (χ0v) is 20.6. The van der Waals surface area contributed by atoms with Crippen molar-refractivity contribution < 1.29 is 39.6 Å². The van der Waals surface area contributed by atoms with Crippen LogP contribution in [0.3, 0.4) is 0 Å². The smallest absolute Gasteiger partial charge is 0.383 e. The summed E-state index contributed by atoms with van der Waals surface area (Å²) in [6, 6.07) is 2.46. The Balaban J connectivity index is 1.53. The molecule has 41 heavy (non-hydrogen) atoms. The summed E-state index contributed by atoms with van der Waals surface area (Å²) in [7, 11) is -2.87. The molecule has 218 valence electrons. The van der Waals surface area contributed by atoms with Gasteiger partial charge in [0.1, 0.15) is 11.4 Å². The molecule has 9 nitrogen and oxygen atoms in total. The number of hydrogen-bond acceptors (Lipinski definition) is 7. The Hall–Kier alpha value is -4.34. The van der Waals surface area contributed by atoms with Crippen molar-refractivity contribution in [1.82, 2.24) is 24.7 Å². The highest BCUT2D eigenvalue weighted by atomic mass is 19.4. The van der Waals surface area contributed by atoms with E-state index in [2.05, 4.69) is 20.4 Å². The van der Waals surface area contributed by atoms with Crippen LogP contribution in [0.4, 0.5) is 36.4 Å². The molecule has 0 saturated heterocycles. The number of benzene rings is 1. The number of aromatic nitrogens is 5. The third-order valence-electron chi connectivity index (χ3n) is 6.02. The van der Waals surface area contributed by atoms with Crippen LogP contribution < -0.4 is 16.4 Å². The van der Waals surface area contributed by atoms with Crippen LogP contribution in [0.5, 0.6) is 0 Å². The van der Waals surface area contributed by atoms with Crippen LogP contribution in [0.15, 0.2) is 52.6 Å². The standard InChI is InChI=1S/C25H21F7N6O3/c1-41-12-15(36-19-11-35-37-22(39)20(19)25(30,31)32)3-2-5-38-6-4-13-7-17(18(26)8-16(13)23(38)40)21-33-9-14(10-34-21)24(27,28)29/h4,6-11,15H,2-3,5,12H2,1H3,(H2,36,37,39)/i1D3. The lowest BCUT2D eigenvalue weighted by Crippen LogP contribution is -2.31. The van der Waals surface area contributed by atoms with E-state index >= 15 is 0 Å². The number of alkyl halides is 6. The lowest BCUT2D eigenvalue weighted by atomic mass is 10.1. The molecular formula is C25H21F7N6O3. The number of rotatable bonds is 9. The van der Waals surface area contributed by atoms with E-state index < -0.39 is 65.8 Å². The average Bonchev–Trinajstić information content (AvgIpc) is 2.91. The molecule has 4 aromatic rings. The molecule has 0 bridgehead atoms. The second kappa shape index (κ2) is 11.6. The minimum absolute atomic E-state index is 0.0359. The summed E-state index contributed by atoms with van der Waals surface area (Å²) in [6.45, 7) is -0.626. The normalized spacial score (nSPS) is 14.4. The molecule has 1 aromatic carbocycles. The number of pyridine rings is 1. The van der Waals surface area contributed by atoms with E-state index in [0.29, 0.717) is 12.4 Å². The van der Waals surface area contributed by atoms with E-state index in [-0.39, 0.29) is 41.5 Å². The van der Waals surface area contributed by atoms with Crippen molar-refractivity contribution in [3.8, 4) is 11.4 Å².